The molecule has 8 nitrogen and oxygen atoms in total. The van der Waals surface area contributed by atoms with Crippen LogP contribution in [-0.4, -0.2) is 47.5 Å². The Labute approximate surface area is 214 Å². The molecule has 0 radical (unpaired) electrons. The average Bonchev–Trinajstić information content (AvgIpc) is 3.62. The molecule has 0 unspecified atom stereocenters. The lowest BCUT2D eigenvalue weighted by Gasteiger charge is -2.38. The largest absolute Gasteiger partial charge is 0.484 e. The van der Waals surface area contributed by atoms with Crippen molar-refractivity contribution in [2.45, 2.75) is 51.4 Å². The molecular weight excluding hydrogens is 477 g/mol. The number of carbonyl (C=O) groups is 2. The molecule has 2 aromatic carbocycles. The summed E-state index contributed by atoms with van der Waals surface area (Å²) >= 11 is 0. The van der Waals surface area contributed by atoms with E-state index in [0.717, 1.165) is 42.6 Å². The lowest BCUT2D eigenvalue weighted by Crippen LogP contribution is -2.40. The van der Waals surface area contributed by atoms with Gasteiger partial charge in [0, 0.05) is 26.1 Å². The van der Waals surface area contributed by atoms with E-state index in [1.165, 1.54) is 18.4 Å². The van der Waals surface area contributed by atoms with Crippen molar-refractivity contribution in [3.05, 3.63) is 82.8 Å². The van der Waals surface area contributed by atoms with Crippen molar-refractivity contribution in [1.29, 1.82) is 0 Å². The van der Waals surface area contributed by atoms with Crippen LogP contribution in [0.2, 0.25) is 0 Å². The van der Waals surface area contributed by atoms with Gasteiger partial charge in [-0.15, -0.1) is 0 Å². The van der Waals surface area contributed by atoms with Crippen LogP contribution in [0.4, 0.5) is 4.39 Å². The average molecular weight is 508 g/mol. The van der Waals surface area contributed by atoms with Gasteiger partial charge in [0.1, 0.15) is 17.8 Å². The van der Waals surface area contributed by atoms with Gasteiger partial charge in [0.2, 0.25) is 11.8 Å². The second-order valence-corrected chi connectivity index (χ2v) is 9.27. The standard InChI is InChI=1S/C28H30FN3O5/c1-2-26(33)32-12-11-18-7-10-21(14-23(18)27(32)19-5-8-20(29)9-6-19)36-17-25-31-24(16-37-25)28(34)30-15-22-4-3-13-35-22/h5-10,14,16,22,27H,2-4,11-13,15,17H2,1H3,(H,30,34)/t22-,27-/m0/s1. The highest BCUT2D eigenvalue weighted by Crippen LogP contribution is 2.37. The maximum atomic E-state index is 13.6. The van der Waals surface area contributed by atoms with Crippen molar-refractivity contribution in [2.75, 3.05) is 19.7 Å². The van der Waals surface area contributed by atoms with Gasteiger partial charge in [-0.05, 0) is 60.2 Å². The first-order valence-corrected chi connectivity index (χ1v) is 12.7. The summed E-state index contributed by atoms with van der Waals surface area (Å²) in [5.41, 5.74) is 3.08. The number of aromatic nitrogens is 1. The Kier molecular flexibility index (Phi) is 7.50. The van der Waals surface area contributed by atoms with Crippen LogP contribution < -0.4 is 10.1 Å². The van der Waals surface area contributed by atoms with Crippen LogP contribution in [0.3, 0.4) is 0 Å². The Balaban J connectivity index is 1.29. The van der Waals surface area contributed by atoms with E-state index in [-0.39, 0.29) is 48.0 Å². The third-order valence-corrected chi connectivity index (χ3v) is 6.82. The maximum absolute atomic E-state index is 13.6. The summed E-state index contributed by atoms with van der Waals surface area (Å²) in [6.07, 6.45) is 4.41. The number of fused-ring (bicyclic) bond motifs is 1. The Hall–Kier alpha value is -3.72. The quantitative estimate of drug-likeness (QED) is 0.492. The molecule has 0 aliphatic carbocycles. The number of hydrogen-bond donors (Lipinski definition) is 1. The first kappa shape index (κ1) is 25.0. The molecule has 0 saturated carbocycles. The molecule has 5 rings (SSSR count). The minimum Gasteiger partial charge on any atom is -0.484 e. The van der Waals surface area contributed by atoms with Gasteiger partial charge in [-0.3, -0.25) is 9.59 Å². The van der Waals surface area contributed by atoms with Gasteiger partial charge in [0.05, 0.1) is 12.1 Å². The van der Waals surface area contributed by atoms with Crippen molar-refractivity contribution < 1.29 is 27.9 Å². The predicted molar refractivity (Wildman–Crippen MR) is 133 cm³/mol. The summed E-state index contributed by atoms with van der Waals surface area (Å²) in [4.78, 5) is 31.2. The number of halogens is 1. The Bertz CT molecular complexity index is 1250. The van der Waals surface area contributed by atoms with Crippen LogP contribution in [0.1, 0.15) is 65.3 Å². The number of nitrogens with zero attached hydrogens (tertiary/aromatic N) is 2. The van der Waals surface area contributed by atoms with Crippen molar-refractivity contribution >= 4 is 11.8 Å². The minimum absolute atomic E-state index is 0.0383. The molecule has 0 spiro atoms. The fourth-order valence-electron chi connectivity index (χ4n) is 4.89. The lowest BCUT2D eigenvalue weighted by atomic mass is 9.87. The second kappa shape index (κ2) is 11.1. The smallest absolute Gasteiger partial charge is 0.273 e. The lowest BCUT2D eigenvalue weighted by molar-refractivity contribution is -0.132. The molecule has 1 aromatic heterocycles. The highest BCUT2D eigenvalue weighted by atomic mass is 19.1. The van der Waals surface area contributed by atoms with E-state index in [2.05, 4.69) is 10.3 Å². The summed E-state index contributed by atoms with van der Waals surface area (Å²) in [6.45, 7) is 3.64. The number of nitrogens with one attached hydrogen (secondary N) is 1. The SMILES string of the molecule is CCC(=O)N1CCc2ccc(OCc3nc(C(=O)NC[C@@H]4CCCO4)co3)cc2[C@@H]1c1ccc(F)cc1. The second-order valence-electron chi connectivity index (χ2n) is 9.27. The zero-order valence-electron chi connectivity index (χ0n) is 20.7. The normalized spacial score (nSPS) is 18.9. The summed E-state index contributed by atoms with van der Waals surface area (Å²) in [7, 11) is 0. The summed E-state index contributed by atoms with van der Waals surface area (Å²) in [6, 6.07) is 11.7. The first-order valence-electron chi connectivity index (χ1n) is 12.7. The van der Waals surface area contributed by atoms with Gasteiger partial charge in [0.25, 0.3) is 5.91 Å². The number of carbonyl (C=O) groups excluding carboxylic acids is 2. The van der Waals surface area contributed by atoms with Crippen LogP contribution in [0, 0.1) is 5.82 Å². The highest BCUT2D eigenvalue weighted by Gasteiger charge is 2.31. The van der Waals surface area contributed by atoms with E-state index in [1.54, 1.807) is 12.1 Å². The van der Waals surface area contributed by atoms with Gasteiger partial charge in [-0.25, -0.2) is 9.37 Å². The third kappa shape index (κ3) is 5.67. The van der Waals surface area contributed by atoms with E-state index < -0.39 is 0 Å². The van der Waals surface area contributed by atoms with Gasteiger partial charge in [-0.2, -0.15) is 0 Å². The van der Waals surface area contributed by atoms with Crippen LogP contribution >= 0.6 is 0 Å². The summed E-state index contributed by atoms with van der Waals surface area (Å²) in [5.74, 6) is 0.256. The minimum atomic E-state index is -0.332. The van der Waals surface area contributed by atoms with Crippen molar-refractivity contribution in [3.63, 3.8) is 0 Å². The Morgan fingerprint density at radius 3 is 2.81 bits per heavy atom. The molecule has 3 aromatic rings. The molecular formula is C28H30FN3O5. The first-order chi connectivity index (χ1) is 18.0. The van der Waals surface area contributed by atoms with Crippen LogP contribution in [0.25, 0.3) is 0 Å². The molecule has 2 aliphatic rings. The van der Waals surface area contributed by atoms with E-state index in [0.29, 0.717) is 25.3 Å². The summed E-state index contributed by atoms with van der Waals surface area (Å²) in [5, 5.41) is 2.82. The zero-order valence-corrected chi connectivity index (χ0v) is 20.7. The van der Waals surface area contributed by atoms with E-state index in [1.807, 2.05) is 30.0 Å². The van der Waals surface area contributed by atoms with E-state index >= 15 is 0 Å². The Morgan fingerprint density at radius 2 is 2.05 bits per heavy atom. The molecule has 2 aliphatic heterocycles. The van der Waals surface area contributed by atoms with Crippen LogP contribution in [-0.2, 0) is 22.6 Å². The predicted octanol–water partition coefficient (Wildman–Crippen LogP) is 4.19. The van der Waals surface area contributed by atoms with Crippen molar-refractivity contribution in [2.24, 2.45) is 0 Å². The molecule has 9 heteroatoms. The Morgan fingerprint density at radius 1 is 1.22 bits per heavy atom. The fraction of sp³-hybridized carbons (Fsp3) is 0.393. The highest BCUT2D eigenvalue weighted by molar-refractivity contribution is 5.91. The maximum Gasteiger partial charge on any atom is 0.273 e. The van der Waals surface area contributed by atoms with Crippen LogP contribution in [0.15, 0.2) is 53.1 Å². The molecule has 3 heterocycles. The molecule has 1 saturated heterocycles. The van der Waals surface area contributed by atoms with Gasteiger partial charge in [-0.1, -0.05) is 25.1 Å². The third-order valence-electron chi connectivity index (χ3n) is 6.82. The molecule has 0 bridgehead atoms. The molecule has 2 atom stereocenters. The van der Waals surface area contributed by atoms with Gasteiger partial charge in [0.15, 0.2) is 12.3 Å². The van der Waals surface area contributed by atoms with E-state index in [9.17, 15) is 14.0 Å². The molecule has 1 N–H and O–H groups in total. The molecule has 194 valence electrons. The van der Waals surface area contributed by atoms with E-state index in [4.69, 9.17) is 13.9 Å². The summed E-state index contributed by atoms with van der Waals surface area (Å²) < 4.78 is 30.5. The number of benzene rings is 2. The van der Waals surface area contributed by atoms with Gasteiger partial charge < -0.3 is 24.1 Å². The van der Waals surface area contributed by atoms with Crippen molar-refractivity contribution in [1.82, 2.24) is 15.2 Å². The number of hydrogen-bond acceptors (Lipinski definition) is 6. The zero-order chi connectivity index (χ0) is 25.8. The van der Waals surface area contributed by atoms with Gasteiger partial charge >= 0.3 is 0 Å². The molecule has 37 heavy (non-hydrogen) atoms. The van der Waals surface area contributed by atoms with Crippen LogP contribution in [0.5, 0.6) is 5.75 Å². The monoisotopic (exact) mass is 507 g/mol. The molecule has 1 fully saturated rings. The number of ether oxygens (including phenoxy) is 2. The molecule has 2 amide bonds. The fourth-order valence-corrected chi connectivity index (χ4v) is 4.89. The number of amides is 2. The van der Waals surface area contributed by atoms with Crippen molar-refractivity contribution in [3.8, 4) is 5.75 Å². The number of oxazole rings is 1. The number of rotatable bonds is 8. The topological polar surface area (TPSA) is 93.9 Å².